The maximum Gasteiger partial charge on any atom is 0.328 e. The molecule has 42 heavy (non-hydrogen) atoms. The molecule has 0 amide bonds. The van der Waals surface area contributed by atoms with Gasteiger partial charge in [0.05, 0.1) is 14.2 Å². The number of nitrogens with one attached hydrogen (secondary N) is 1. The van der Waals surface area contributed by atoms with Crippen molar-refractivity contribution in [2.24, 2.45) is 5.73 Å². The van der Waals surface area contributed by atoms with Gasteiger partial charge < -0.3 is 20.5 Å². The maximum absolute atomic E-state index is 11.8. The van der Waals surface area contributed by atoms with Gasteiger partial charge in [0.2, 0.25) is 10.6 Å². The molecule has 0 radical (unpaired) electrons. The fourth-order valence-electron chi connectivity index (χ4n) is 3.20. The molecule has 0 saturated heterocycles. The Balaban J connectivity index is 0.000000344. The number of nitrogens with two attached hydrogens (primary N) is 1. The third-order valence-electron chi connectivity index (χ3n) is 5.11. The van der Waals surface area contributed by atoms with Gasteiger partial charge >= 0.3 is 11.9 Å². The molecule has 4 aromatic rings. The molecule has 2 unspecified atom stereocenters. The van der Waals surface area contributed by atoms with Gasteiger partial charge in [-0.05, 0) is 52.9 Å². The van der Waals surface area contributed by atoms with E-state index < -0.39 is 12.1 Å². The molecule has 3 N–H and O–H groups in total. The Morgan fingerprint density at radius 3 is 1.71 bits per heavy atom. The molecular formula is C28H30Cl4N6O4. The van der Waals surface area contributed by atoms with E-state index in [1.165, 1.54) is 26.6 Å². The molecule has 10 nitrogen and oxygen atoms in total. The summed E-state index contributed by atoms with van der Waals surface area (Å²) in [7, 11) is 2.70. The Bertz CT molecular complexity index is 1340. The summed E-state index contributed by atoms with van der Waals surface area (Å²) in [6.07, 6.45) is 4.04. The summed E-state index contributed by atoms with van der Waals surface area (Å²) in [4.78, 5) is 37.8. The van der Waals surface area contributed by atoms with Crippen LogP contribution in [0.4, 0.5) is 5.82 Å². The molecular weight excluding hydrogens is 626 g/mol. The zero-order valence-electron chi connectivity index (χ0n) is 22.7. The number of anilines is 1. The van der Waals surface area contributed by atoms with Gasteiger partial charge in [0.15, 0.2) is 0 Å². The first kappa shape index (κ1) is 36.5. The van der Waals surface area contributed by atoms with Crippen LogP contribution >= 0.6 is 47.2 Å². The molecule has 4 rings (SSSR count). The van der Waals surface area contributed by atoms with Crippen LogP contribution in [-0.4, -0.2) is 58.2 Å². The van der Waals surface area contributed by atoms with Crippen molar-refractivity contribution >= 4 is 65.0 Å². The van der Waals surface area contributed by atoms with Crippen LogP contribution < -0.4 is 11.1 Å². The van der Waals surface area contributed by atoms with E-state index in [-0.39, 0.29) is 34.9 Å². The molecule has 0 aliphatic heterocycles. The van der Waals surface area contributed by atoms with E-state index in [9.17, 15) is 9.59 Å². The van der Waals surface area contributed by atoms with Crippen molar-refractivity contribution in [3.63, 3.8) is 0 Å². The van der Waals surface area contributed by atoms with Gasteiger partial charge in [0.1, 0.15) is 23.1 Å². The lowest BCUT2D eigenvalue weighted by molar-refractivity contribution is -0.142. The highest BCUT2D eigenvalue weighted by molar-refractivity contribution is 6.31. The van der Waals surface area contributed by atoms with Crippen molar-refractivity contribution < 1.29 is 19.1 Å². The molecule has 2 aromatic carbocycles. The van der Waals surface area contributed by atoms with E-state index in [1.54, 1.807) is 12.1 Å². The van der Waals surface area contributed by atoms with Gasteiger partial charge in [0, 0.05) is 18.8 Å². The predicted octanol–water partition coefficient (Wildman–Crippen LogP) is 5.26. The van der Waals surface area contributed by atoms with Crippen LogP contribution in [0.2, 0.25) is 15.7 Å². The monoisotopic (exact) mass is 654 g/mol. The first-order valence-electron chi connectivity index (χ1n) is 12.1. The second kappa shape index (κ2) is 20.4. The molecule has 0 fully saturated rings. The van der Waals surface area contributed by atoms with Gasteiger partial charge in [-0.2, -0.15) is 0 Å². The van der Waals surface area contributed by atoms with Crippen molar-refractivity contribution in [2.45, 2.75) is 24.9 Å². The van der Waals surface area contributed by atoms with Crippen LogP contribution in [0, 0.1) is 0 Å². The van der Waals surface area contributed by atoms with Crippen LogP contribution in [0.5, 0.6) is 0 Å². The second-order valence-electron chi connectivity index (χ2n) is 8.09. The van der Waals surface area contributed by atoms with E-state index in [2.05, 4.69) is 30.0 Å². The first-order chi connectivity index (χ1) is 19.7. The number of rotatable bonds is 8. The van der Waals surface area contributed by atoms with Gasteiger partial charge in [-0.15, -0.1) is 12.4 Å². The van der Waals surface area contributed by atoms with Crippen LogP contribution in [-0.2, 0) is 31.9 Å². The number of hydrogen-bond donors (Lipinski definition) is 2. The molecule has 224 valence electrons. The minimum Gasteiger partial charge on any atom is -0.468 e. The summed E-state index contributed by atoms with van der Waals surface area (Å²) in [5.74, 6) is -0.247. The molecule has 2 aromatic heterocycles. The number of carbonyl (C=O) groups is 2. The smallest absolute Gasteiger partial charge is 0.328 e. The van der Waals surface area contributed by atoms with Gasteiger partial charge in [-0.1, -0.05) is 72.3 Å². The molecule has 0 bridgehead atoms. The standard InChI is InChI=1S/C14H14ClN3O2.C10H13NO2.C4H2Cl2N2.ClH/c1-20-13(19)11(9-10-5-3-2-4-6-10)17-12-7-8-16-14(15)18-12;1-13-10(12)9(11)7-8-5-3-2-4-6-8;5-3-1-2-7-4(6)8-3;/h2-8,11H,9H2,1H3,(H,16,17,18);2-6,9H,7,11H2,1H3;1-2H;1H. The number of aromatic nitrogens is 4. The summed E-state index contributed by atoms with van der Waals surface area (Å²) < 4.78 is 9.33. The van der Waals surface area contributed by atoms with Crippen molar-refractivity contribution in [1.82, 2.24) is 19.9 Å². The van der Waals surface area contributed by atoms with Crippen molar-refractivity contribution in [1.29, 1.82) is 0 Å². The topological polar surface area (TPSA) is 142 Å². The largest absolute Gasteiger partial charge is 0.468 e. The third-order valence-corrected chi connectivity index (χ3v) is 5.69. The number of ether oxygens (including phenoxy) is 2. The number of carbonyl (C=O) groups excluding carboxylic acids is 2. The average Bonchev–Trinajstić information content (AvgIpc) is 2.97. The van der Waals surface area contributed by atoms with Crippen LogP contribution in [0.3, 0.4) is 0 Å². The number of benzene rings is 2. The Labute approximate surface area is 265 Å². The minimum absolute atomic E-state index is 0. The molecule has 14 heteroatoms. The lowest BCUT2D eigenvalue weighted by Crippen LogP contribution is -2.33. The summed E-state index contributed by atoms with van der Waals surface area (Å²) in [5.41, 5.74) is 7.65. The Morgan fingerprint density at radius 1 is 0.762 bits per heavy atom. The lowest BCUT2D eigenvalue weighted by Gasteiger charge is -2.17. The highest BCUT2D eigenvalue weighted by Crippen LogP contribution is 2.12. The predicted molar refractivity (Wildman–Crippen MR) is 166 cm³/mol. The van der Waals surface area contributed by atoms with Crippen molar-refractivity contribution in [3.05, 3.63) is 112 Å². The summed E-state index contributed by atoms with van der Waals surface area (Å²) in [5, 5.41) is 3.68. The molecule has 0 aliphatic rings. The normalized spacial score (nSPS) is 11.1. The number of hydrogen-bond acceptors (Lipinski definition) is 10. The van der Waals surface area contributed by atoms with Crippen molar-refractivity contribution in [3.8, 4) is 0 Å². The summed E-state index contributed by atoms with van der Waals surface area (Å²) in [6.45, 7) is 0. The van der Waals surface area contributed by atoms with Crippen molar-refractivity contribution in [2.75, 3.05) is 19.5 Å². The number of methoxy groups -OCH3 is 2. The van der Waals surface area contributed by atoms with Gasteiger partial charge in [-0.3, -0.25) is 4.79 Å². The first-order valence-corrected chi connectivity index (χ1v) is 13.2. The Hall–Kier alpha value is -3.54. The SMILES string of the molecule is COC(=O)C(Cc1ccccc1)Nc1ccnc(Cl)n1.COC(=O)C(N)Cc1ccccc1.Cl.Clc1ccnc(Cl)n1. The fraction of sp³-hybridized carbons (Fsp3) is 0.214. The van der Waals surface area contributed by atoms with E-state index in [0.717, 1.165) is 11.1 Å². The molecule has 2 atom stereocenters. The van der Waals surface area contributed by atoms with E-state index in [4.69, 9.17) is 45.3 Å². The van der Waals surface area contributed by atoms with E-state index in [0.29, 0.717) is 23.8 Å². The fourth-order valence-corrected chi connectivity index (χ4v) is 3.67. The number of esters is 2. The van der Waals surface area contributed by atoms with Gasteiger partial charge in [0.25, 0.3) is 0 Å². The number of nitrogens with zero attached hydrogens (tertiary/aromatic N) is 4. The highest BCUT2D eigenvalue weighted by Gasteiger charge is 2.20. The zero-order valence-corrected chi connectivity index (χ0v) is 25.8. The second-order valence-corrected chi connectivity index (χ2v) is 9.15. The molecule has 0 spiro atoms. The Morgan fingerprint density at radius 2 is 1.26 bits per heavy atom. The molecule has 0 saturated carbocycles. The van der Waals surface area contributed by atoms with Crippen LogP contribution in [0.15, 0.2) is 85.2 Å². The maximum atomic E-state index is 11.8. The summed E-state index contributed by atoms with van der Waals surface area (Å²) >= 11 is 16.5. The zero-order chi connectivity index (χ0) is 30.0. The van der Waals surface area contributed by atoms with Crippen LogP contribution in [0.1, 0.15) is 11.1 Å². The third kappa shape index (κ3) is 14.4. The van der Waals surface area contributed by atoms with E-state index in [1.807, 2.05) is 60.7 Å². The van der Waals surface area contributed by atoms with E-state index >= 15 is 0 Å². The molecule has 2 heterocycles. The molecule has 0 aliphatic carbocycles. The average molecular weight is 656 g/mol. The van der Waals surface area contributed by atoms with Crippen LogP contribution in [0.25, 0.3) is 0 Å². The summed E-state index contributed by atoms with van der Waals surface area (Å²) in [6, 6.07) is 21.4. The number of halogens is 4. The minimum atomic E-state index is -0.563. The lowest BCUT2D eigenvalue weighted by atomic mass is 10.1. The highest BCUT2D eigenvalue weighted by atomic mass is 35.5. The van der Waals surface area contributed by atoms with Gasteiger partial charge in [-0.25, -0.2) is 24.7 Å². The quantitative estimate of drug-likeness (QED) is 0.147. The Kier molecular flexibility index (Phi) is 17.7.